The molecule has 4 nitrogen and oxygen atoms in total. The number of rotatable bonds is 2. The third kappa shape index (κ3) is 2.03. The third-order valence-electron chi connectivity index (χ3n) is 2.67. The Morgan fingerprint density at radius 3 is 2.71 bits per heavy atom. The minimum absolute atomic E-state index is 0.0717. The predicted molar refractivity (Wildman–Crippen MR) is 65.4 cm³/mol. The zero-order valence-corrected chi connectivity index (χ0v) is 10.2. The van der Waals surface area contributed by atoms with Crippen molar-refractivity contribution >= 4 is 17.6 Å². The van der Waals surface area contributed by atoms with E-state index in [1.165, 1.54) is 0 Å². The van der Waals surface area contributed by atoms with E-state index in [0.717, 1.165) is 5.56 Å². The number of aromatic carboxylic acids is 1. The molecule has 0 fully saturated rings. The molecule has 1 aromatic heterocycles. The van der Waals surface area contributed by atoms with Gasteiger partial charge in [-0.15, -0.1) is 0 Å². The second-order valence-electron chi connectivity index (χ2n) is 3.74. The van der Waals surface area contributed by atoms with E-state index in [-0.39, 0.29) is 5.69 Å². The summed E-state index contributed by atoms with van der Waals surface area (Å²) in [6, 6.07) is 7.18. The highest BCUT2D eigenvalue weighted by atomic mass is 35.5. The molecule has 2 rings (SSSR count). The Morgan fingerprint density at radius 2 is 2.18 bits per heavy atom. The van der Waals surface area contributed by atoms with Crippen molar-refractivity contribution in [3.05, 3.63) is 40.7 Å². The van der Waals surface area contributed by atoms with Crippen LogP contribution in [0.1, 0.15) is 16.2 Å². The monoisotopic (exact) mass is 250 g/mol. The van der Waals surface area contributed by atoms with Gasteiger partial charge in [-0.1, -0.05) is 23.7 Å². The average Bonchev–Trinajstić information content (AvgIpc) is 2.56. The molecule has 0 spiro atoms. The van der Waals surface area contributed by atoms with Gasteiger partial charge in [0.1, 0.15) is 5.82 Å². The van der Waals surface area contributed by atoms with Crippen molar-refractivity contribution < 1.29 is 9.90 Å². The number of benzene rings is 1. The normalized spacial score (nSPS) is 10.5. The molecule has 2 aromatic rings. The largest absolute Gasteiger partial charge is 0.476 e. The van der Waals surface area contributed by atoms with Gasteiger partial charge in [0, 0.05) is 23.3 Å². The Morgan fingerprint density at radius 1 is 1.47 bits per heavy atom. The maximum absolute atomic E-state index is 11.0. The molecule has 0 saturated heterocycles. The molecule has 0 aliphatic heterocycles. The lowest BCUT2D eigenvalue weighted by molar-refractivity contribution is 0.0690. The quantitative estimate of drug-likeness (QED) is 0.892. The highest BCUT2D eigenvalue weighted by Gasteiger charge is 2.17. The first kappa shape index (κ1) is 11.7. The van der Waals surface area contributed by atoms with E-state index in [1.807, 2.05) is 12.1 Å². The number of imidazole rings is 1. The number of nitrogens with zero attached hydrogens (tertiary/aromatic N) is 2. The SMILES string of the molecule is Cc1c(C(=O)O)nc(-c2cccc(Cl)c2)n1C. The fourth-order valence-electron chi connectivity index (χ4n) is 1.67. The van der Waals surface area contributed by atoms with Gasteiger partial charge in [-0.25, -0.2) is 9.78 Å². The van der Waals surface area contributed by atoms with Crippen molar-refractivity contribution in [1.29, 1.82) is 0 Å². The van der Waals surface area contributed by atoms with Gasteiger partial charge >= 0.3 is 5.97 Å². The first-order chi connectivity index (χ1) is 8.00. The molecule has 0 aliphatic rings. The molecule has 0 radical (unpaired) electrons. The Balaban J connectivity index is 2.61. The van der Waals surface area contributed by atoms with Crippen LogP contribution in [-0.4, -0.2) is 20.6 Å². The van der Waals surface area contributed by atoms with Crippen LogP contribution in [0.15, 0.2) is 24.3 Å². The second-order valence-corrected chi connectivity index (χ2v) is 4.18. The fourth-order valence-corrected chi connectivity index (χ4v) is 1.86. The lowest BCUT2D eigenvalue weighted by atomic mass is 10.2. The Hall–Kier alpha value is -1.81. The van der Waals surface area contributed by atoms with Crippen LogP contribution in [0, 0.1) is 6.92 Å². The lowest BCUT2D eigenvalue weighted by Crippen LogP contribution is -2.00. The zero-order chi connectivity index (χ0) is 12.6. The molecule has 0 saturated carbocycles. The lowest BCUT2D eigenvalue weighted by Gasteiger charge is -2.03. The number of hydrogen-bond donors (Lipinski definition) is 1. The fraction of sp³-hybridized carbons (Fsp3) is 0.167. The Labute approximate surface area is 103 Å². The summed E-state index contributed by atoms with van der Waals surface area (Å²) in [4.78, 5) is 15.1. The van der Waals surface area contributed by atoms with Gasteiger partial charge in [-0.2, -0.15) is 0 Å². The third-order valence-corrected chi connectivity index (χ3v) is 2.90. The highest BCUT2D eigenvalue weighted by molar-refractivity contribution is 6.30. The van der Waals surface area contributed by atoms with Gasteiger partial charge in [0.2, 0.25) is 0 Å². The van der Waals surface area contributed by atoms with Crippen molar-refractivity contribution in [1.82, 2.24) is 9.55 Å². The van der Waals surface area contributed by atoms with Gasteiger partial charge in [0.25, 0.3) is 0 Å². The first-order valence-corrected chi connectivity index (χ1v) is 5.41. The maximum atomic E-state index is 11.0. The summed E-state index contributed by atoms with van der Waals surface area (Å²) in [5.41, 5.74) is 1.49. The minimum atomic E-state index is -1.02. The van der Waals surface area contributed by atoms with E-state index >= 15 is 0 Å². The second kappa shape index (κ2) is 4.22. The van der Waals surface area contributed by atoms with Crippen LogP contribution in [0.25, 0.3) is 11.4 Å². The van der Waals surface area contributed by atoms with Crippen molar-refractivity contribution in [2.24, 2.45) is 7.05 Å². The molecule has 88 valence electrons. The van der Waals surface area contributed by atoms with E-state index in [1.54, 1.807) is 30.7 Å². The average molecular weight is 251 g/mol. The molecule has 1 N–H and O–H groups in total. The summed E-state index contributed by atoms with van der Waals surface area (Å²) >= 11 is 5.90. The Kier molecular flexibility index (Phi) is 2.90. The van der Waals surface area contributed by atoms with Gasteiger partial charge in [0.15, 0.2) is 5.69 Å². The van der Waals surface area contributed by atoms with Crippen LogP contribution in [0.3, 0.4) is 0 Å². The number of aromatic nitrogens is 2. The number of hydrogen-bond acceptors (Lipinski definition) is 2. The van der Waals surface area contributed by atoms with Crippen molar-refractivity contribution in [3.63, 3.8) is 0 Å². The summed E-state index contributed by atoms with van der Waals surface area (Å²) in [6.45, 7) is 1.73. The summed E-state index contributed by atoms with van der Waals surface area (Å²) in [6.07, 6.45) is 0. The number of carboxylic acids is 1. The van der Waals surface area contributed by atoms with E-state index < -0.39 is 5.97 Å². The van der Waals surface area contributed by atoms with Crippen LogP contribution in [-0.2, 0) is 7.05 Å². The summed E-state index contributed by atoms with van der Waals surface area (Å²) in [7, 11) is 1.78. The van der Waals surface area contributed by atoms with Gasteiger partial charge in [-0.3, -0.25) is 0 Å². The molecular weight excluding hydrogens is 240 g/mol. The molecule has 17 heavy (non-hydrogen) atoms. The van der Waals surface area contributed by atoms with E-state index in [0.29, 0.717) is 16.5 Å². The van der Waals surface area contributed by atoms with Crippen LogP contribution in [0.5, 0.6) is 0 Å². The molecule has 5 heteroatoms. The van der Waals surface area contributed by atoms with Crippen LogP contribution < -0.4 is 0 Å². The maximum Gasteiger partial charge on any atom is 0.356 e. The standard InChI is InChI=1S/C12H11ClN2O2/c1-7-10(12(16)17)14-11(15(7)2)8-4-3-5-9(13)6-8/h3-6H,1-2H3,(H,16,17). The molecule has 0 atom stereocenters. The summed E-state index contributed by atoms with van der Waals surface area (Å²) in [5.74, 6) is -0.422. The molecule has 1 aromatic carbocycles. The Bertz CT molecular complexity index is 590. The number of carboxylic acid groups (broad SMARTS) is 1. The van der Waals surface area contributed by atoms with Gasteiger partial charge in [-0.05, 0) is 19.1 Å². The molecule has 0 bridgehead atoms. The molecular formula is C12H11ClN2O2. The van der Waals surface area contributed by atoms with E-state index in [4.69, 9.17) is 16.7 Å². The zero-order valence-electron chi connectivity index (χ0n) is 9.44. The predicted octanol–water partition coefficient (Wildman–Crippen LogP) is 2.75. The minimum Gasteiger partial charge on any atom is -0.476 e. The van der Waals surface area contributed by atoms with Crippen molar-refractivity contribution in [2.45, 2.75) is 6.92 Å². The molecule has 0 aliphatic carbocycles. The van der Waals surface area contributed by atoms with Crippen LogP contribution in [0.2, 0.25) is 5.02 Å². The van der Waals surface area contributed by atoms with Crippen LogP contribution in [0.4, 0.5) is 0 Å². The summed E-state index contributed by atoms with van der Waals surface area (Å²) < 4.78 is 1.75. The summed E-state index contributed by atoms with van der Waals surface area (Å²) in [5, 5.41) is 9.60. The number of halogens is 1. The van der Waals surface area contributed by atoms with Crippen molar-refractivity contribution in [2.75, 3.05) is 0 Å². The van der Waals surface area contributed by atoms with Gasteiger partial charge in [0.05, 0.1) is 0 Å². The van der Waals surface area contributed by atoms with E-state index in [2.05, 4.69) is 4.98 Å². The molecule has 1 heterocycles. The van der Waals surface area contributed by atoms with Crippen molar-refractivity contribution in [3.8, 4) is 11.4 Å². The van der Waals surface area contributed by atoms with Crippen LogP contribution >= 0.6 is 11.6 Å². The van der Waals surface area contributed by atoms with E-state index in [9.17, 15) is 4.79 Å². The van der Waals surface area contributed by atoms with Gasteiger partial charge < -0.3 is 9.67 Å². The smallest absolute Gasteiger partial charge is 0.356 e. The molecule has 0 unspecified atom stereocenters. The highest BCUT2D eigenvalue weighted by Crippen LogP contribution is 2.23. The molecule has 0 amide bonds. The number of carbonyl (C=O) groups is 1. The topological polar surface area (TPSA) is 55.1 Å². The first-order valence-electron chi connectivity index (χ1n) is 5.03.